The third-order valence-electron chi connectivity index (χ3n) is 14.9. The minimum Gasteiger partial charge on any atom is -0.462 e. The lowest BCUT2D eigenvalue weighted by atomic mass is 10.0. The second-order valence-corrected chi connectivity index (χ2v) is 22.7. The molecule has 79 heavy (non-hydrogen) atoms. The van der Waals surface area contributed by atoms with Gasteiger partial charge in [-0.2, -0.15) is 0 Å². The Labute approximate surface area is 490 Å². The molecule has 6 heteroatoms. The van der Waals surface area contributed by atoms with Crippen molar-refractivity contribution in [3.05, 3.63) is 85.1 Å². The van der Waals surface area contributed by atoms with E-state index in [-0.39, 0.29) is 31.1 Å². The Hall–Kier alpha value is -3.41. The zero-order valence-electron chi connectivity index (χ0n) is 52.4. The van der Waals surface area contributed by atoms with Gasteiger partial charge >= 0.3 is 17.9 Å². The third-order valence-corrected chi connectivity index (χ3v) is 14.9. The Kier molecular flexibility index (Phi) is 64.2. The molecule has 0 N–H and O–H groups in total. The van der Waals surface area contributed by atoms with Gasteiger partial charge in [0.05, 0.1) is 0 Å². The molecule has 0 aliphatic heterocycles. The van der Waals surface area contributed by atoms with E-state index in [9.17, 15) is 14.4 Å². The summed E-state index contributed by atoms with van der Waals surface area (Å²) >= 11 is 0. The highest BCUT2D eigenvalue weighted by atomic mass is 16.6. The second kappa shape index (κ2) is 67.1. The third kappa shape index (κ3) is 65.3. The quantitative estimate of drug-likeness (QED) is 0.0261. The normalized spacial score (nSPS) is 12.6. The van der Waals surface area contributed by atoms with E-state index < -0.39 is 6.10 Å². The van der Waals surface area contributed by atoms with Gasteiger partial charge in [0.15, 0.2) is 6.10 Å². The molecule has 0 aromatic heterocycles. The van der Waals surface area contributed by atoms with Gasteiger partial charge in [0.2, 0.25) is 0 Å². The highest BCUT2D eigenvalue weighted by Crippen LogP contribution is 2.17. The molecule has 1 atom stereocenters. The van der Waals surface area contributed by atoms with Crippen LogP contribution in [-0.2, 0) is 28.6 Å². The molecule has 0 saturated carbocycles. The summed E-state index contributed by atoms with van der Waals surface area (Å²) in [6, 6.07) is 0. The first-order valence-electron chi connectivity index (χ1n) is 34.1. The summed E-state index contributed by atoms with van der Waals surface area (Å²) in [4.78, 5) is 38.4. The Bertz CT molecular complexity index is 1500. The van der Waals surface area contributed by atoms with Crippen LogP contribution in [0.1, 0.15) is 342 Å². The average molecular weight is 1100 g/mol. The first-order valence-corrected chi connectivity index (χ1v) is 34.1. The number of hydrogen-bond acceptors (Lipinski definition) is 6. The maximum absolute atomic E-state index is 12.9. The van der Waals surface area contributed by atoms with Crippen molar-refractivity contribution in [3.63, 3.8) is 0 Å². The predicted octanol–water partition coefficient (Wildman–Crippen LogP) is 23.4. The average Bonchev–Trinajstić information content (AvgIpc) is 3.45. The molecule has 0 radical (unpaired) electrons. The van der Waals surface area contributed by atoms with Crippen LogP contribution in [0.4, 0.5) is 0 Å². The van der Waals surface area contributed by atoms with Crippen LogP contribution >= 0.6 is 0 Å². The monoisotopic (exact) mass is 1100 g/mol. The van der Waals surface area contributed by atoms with E-state index in [1.165, 1.54) is 186 Å². The van der Waals surface area contributed by atoms with Gasteiger partial charge in [-0.05, 0) is 96.3 Å². The molecule has 0 heterocycles. The Morgan fingerprint density at radius 1 is 0.266 bits per heavy atom. The van der Waals surface area contributed by atoms with Crippen molar-refractivity contribution in [2.45, 2.75) is 348 Å². The smallest absolute Gasteiger partial charge is 0.306 e. The molecule has 0 rings (SSSR count). The molecule has 0 spiro atoms. The first kappa shape index (κ1) is 75.6. The molecule has 0 aliphatic carbocycles. The molecule has 456 valence electrons. The standard InChI is InChI=1S/C73H128O6/c1-4-7-10-13-16-19-22-25-28-31-32-33-34-35-36-37-38-39-40-41-42-43-46-48-51-54-57-60-63-66-72(75)78-69-70(79-73(76)67-64-61-58-55-52-49-45-30-27-24-21-18-15-12-9-6-3)68-77-71(74)65-62-59-56-53-50-47-44-29-26-23-20-17-14-11-8-5-2/h7,10,16,19,21,24-25,28,30,32-33,35-36,45,70H,4-6,8-9,11-15,17-18,20,22-23,26-27,29,31,34,37-44,46-69H2,1-3H3/b10-7-,19-16-,24-21-,28-25-,33-32-,36-35-,45-30-. The van der Waals surface area contributed by atoms with E-state index in [1.807, 2.05) is 0 Å². The fraction of sp³-hybridized carbons (Fsp3) is 0.767. The van der Waals surface area contributed by atoms with E-state index in [4.69, 9.17) is 14.2 Å². The van der Waals surface area contributed by atoms with Crippen molar-refractivity contribution in [2.24, 2.45) is 0 Å². The maximum atomic E-state index is 12.9. The van der Waals surface area contributed by atoms with Gasteiger partial charge in [0.25, 0.3) is 0 Å². The molecule has 1 unspecified atom stereocenters. The summed E-state index contributed by atoms with van der Waals surface area (Å²) in [5.41, 5.74) is 0. The number of hydrogen-bond donors (Lipinski definition) is 0. The van der Waals surface area contributed by atoms with E-state index in [1.54, 1.807) is 0 Å². The van der Waals surface area contributed by atoms with Gasteiger partial charge in [0, 0.05) is 19.3 Å². The fourth-order valence-electron chi connectivity index (χ4n) is 9.80. The lowest BCUT2D eigenvalue weighted by Crippen LogP contribution is -2.30. The Morgan fingerprint density at radius 2 is 0.494 bits per heavy atom. The van der Waals surface area contributed by atoms with Crippen molar-refractivity contribution in [1.82, 2.24) is 0 Å². The summed E-state index contributed by atoms with van der Waals surface area (Å²) in [5.74, 6) is -0.875. The second-order valence-electron chi connectivity index (χ2n) is 22.7. The highest BCUT2D eigenvalue weighted by molar-refractivity contribution is 5.71. The lowest BCUT2D eigenvalue weighted by molar-refractivity contribution is -0.167. The zero-order valence-corrected chi connectivity index (χ0v) is 52.4. The van der Waals surface area contributed by atoms with Crippen molar-refractivity contribution in [1.29, 1.82) is 0 Å². The van der Waals surface area contributed by atoms with Gasteiger partial charge in [0.1, 0.15) is 13.2 Å². The molecular weight excluding hydrogens is 973 g/mol. The van der Waals surface area contributed by atoms with E-state index in [2.05, 4.69) is 106 Å². The number of carbonyl (C=O) groups is 3. The molecule has 0 aromatic rings. The summed E-state index contributed by atoms with van der Waals surface area (Å²) in [5, 5.41) is 0. The maximum Gasteiger partial charge on any atom is 0.306 e. The molecule has 0 fully saturated rings. The fourth-order valence-corrected chi connectivity index (χ4v) is 9.80. The van der Waals surface area contributed by atoms with Gasteiger partial charge < -0.3 is 14.2 Å². The molecule has 0 aliphatic rings. The summed E-state index contributed by atoms with van der Waals surface area (Å²) in [6.07, 6.45) is 88.8. The summed E-state index contributed by atoms with van der Waals surface area (Å²) in [6.45, 7) is 6.54. The van der Waals surface area contributed by atoms with Crippen LogP contribution in [0.2, 0.25) is 0 Å². The van der Waals surface area contributed by atoms with Gasteiger partial charge in [-0.1, -0.05) is 311 Å². The van der Waals surface area contributed by atoms with Crippen LogP contribution in [-0.4, -0.2) is 37.2 Å². The zero-order chi connectivity index (χ0) is 57.1. The minimum atomic E-state index is -0.783. The highest BCUT2D eigenvalue weighted by Gasteiger charge is 2.19. The van der Waals surface area contributed by atoms with E-state index >= 15 is 0 Å². The molecule has 6 nitrogen and oxygen atoms in total. The SMILES string of the molecule is CC/C=C\C/C=C\C/C=C\C/C=C\C/C=C\CCCCCCCCCCCCCCCC(=O)OCC(COC(=O)CCCCCCCCCCCCCCCCCC)OC(=O)CCCCCCC/C=C\C/C=C\CCCCCC. The van der Waals surface area contributed by atoms with Crippen LogP contribution in [0.3, 0.4) is 0 Å². The number of unbranched alkanes of at least 4 members (excludes halogenated alkanes) is 37. The van der Waals surface area contributed by atoms with Crippen LogP contribution in [0.5, 0.6) is 0 Å². The Balaban J connectivity index is 4.27. The summed E-state index contributed by atoms with van der Waals surface area (Å²) in [7, 11) is 0. The van der Waals surface area contributed by atoms with Gasteiger partial charge in [-0.15, -0.1) is 0 Å². The van der Waals surface area contributed by atoms with E-state index in [0.29, 0.717) is 19.3 Å². The number of esters is 3. The summed E-state index contributed by atoms with van der Waals surface area (Å²) < 4.78 is 17.0. The Morgan fingerprint density at radius 3 is 0.785 bits per heavy atom. The van der Waals surface area contributed by atoms with Gasteiger partial charge in [-0.25, -0.2) is 0 Å². The van der Waals surface area contributed by atoms with Crippen LogP contribution in [0, 0.1) is 0 Å². The number of carbonyl (C=O) groups excluding carboxylic acids is 3. The van der Waals surface area contributed by atoms with E-state index in [0.717, 1.165) is 116 Å². The molecule has 0 bridgehead atoms. The van der Waals surface area contributed by atoms with Crippen molar-refractivity contribution in [2.75, 3.05) is 13.2 Å². The van der Waals surface area contributed by atoms with Crippen LogP contribution in [0.15, 0.2) is 85.1 Å². The van der Waals surface area contributed by atoms with Crippen LogP contribution in [0.25, 0.3) is 0 Å². The minimum absolute atomic E-state index is 0.0780. The lowest BCUT2D eigenvalue weighted by Gasteiger charge is -2.18. The molecular formula is C73H128O6. The van der Waals surface area contributed by atoms with Gasteiger partial charge in [-0.3, -0.25) is 14.4 Å². The number of allylic oxidation sites excluding steroid dienone is 14. The molecule has 0 saturated heterocycles. The number of rotatable bonds is 62. The van der Waals surface area contributed by atoms with Crippen LogP contribution < -0.4 is 0 Å². The first-order chi connectivity index (χ1) is 39.0. The molecule has 0 amide bonds. The largest absolute Gasteiger partial charge is 0.462 e. The predicted molar refractivity (Wildman–Crippen MR) is 344 cm³/mol. The number of ether oxygens (including phenoxy) is 3. The van der Waals surface area contributed by atoms with Crippen molar-refractivity contribution < 1.29 is 28.6 Å². The topological polar surface area (TPSA) is 78.9 Å². The van der Waals surface area contributed by atoms with Crippen molar-refractivity contribution in [3.8, 4) is 0 Å². The van der Waals surface area contributed by atoms with Crippen molar-refractivity contribution >= 4 is 17.9 Å². The molecule has 0 aromatic carbocycles.